The van der Waals surface area contributed by atoms with Gasteiger partial charge in [-0.1, -0.05) is 0 Å². The van der Waals surface area contributed by atoms with Gasteiger partial charge in [0.25, 0.3) is 0 Å². The van der Waals surface area contributed by atoms with Crippen molar-refractivity contribution in [1.82, 2.24) is 9.88 Å². The maximum Gasteiger partial charge on any atom is 0.178 e. The molecule has 1 aliphatic rings. The molecular weight excluding hydrogens is 242 g/mol. The van der Waals surface area contributed by atoms with Crippen LogP contribution in [-0.4, -0.2) is 60.1 Å². The number of anilines is 1. The highest BCUT2D eigenvalue weighted by Crippen LogP contribution is 2.25. The molecule has 5 heteroatoms. The van der Waals surface area contributed by atoms with Gasteiger partial charge >= 0.3 is 0 Å². The number of ketones is 1. The lowest BCUT2D eigenvalue weighted by Gasteiger charge is -2.28. The highest BCUT2D eigenvalue weighted by Gasteiger charge is 2.31. The van der Waals surface area contributed by atoms with Crippen molar-refractivity contribution in [2.45, 2.75) is 25.5 Å². The fourth-order valence-electron chi connectivity index (χ4n) is 2.57. The van der Waals surface area contributed by atoms with E-state index in [2.05, 4.69) is 14.8 Å². The summed E-state index contributed by atoms with van der Waals surface area (Å²) in [6, 6.07) is 3.94. The zero-order valence-electron chi connectivity index (χ0n) is 11.7. The van der Waals surface area contributed by atoms with E-state index in [0.29, 0.717) is 12.2 Å². The molecule has 0 amide bonds. The van der Waals surface area contributed by atoms with Gasteiger partial charge in [-0.25, -0.2) is 0 Å². The van der Waals surface area contributed by atoms with Crippen LogP contribution in [0.4, 0.5) is 5.69 Å². The first-order valence-corrected chi connectivity index (χ1v) is 6.54. The summed E-state index contributed by atoms with van der Waals surface area (Å²) < 4.78 is 0. The number of rotatable bonds is 4. The molecule has 1 aliphatic heterocycles. The van der Waals surface area contributed by atoms with Crippen molar-refractivity contribution in [3.05, 3.63) is 24.0 Å². The first-order valence-electron chi connectivity index (χ1n) is 6.54. The van der Waals surface area contributed by atoms with Gasteiger partial charge in [-0.05, 0) is 32.6 Å². The molecular formula is C14H21N3O2. The van der Waals surface area contributed by atoms with Gasteiger partial charge in [-0.3, -0.25) is 9.78 Å². The number of nitrogens with zero attached hydrogens (tertiary/aromatic N) is 3. The van der Waals surface area contributed by atoms with Gasteiger partial charge in [0.05, 0.1) is 18.0 Å². The van der Waals surface area contributed by atoms with Crippen molar-refractivity contribution >= 4 is 11.5 Å². The fourth-order valence-corrected chi connectivity index (χ4v) is 2.57. The number of β-amino-alcohol motifs (C(OH)–C–C–N with tert-alkyl or cyclic N) is 1. The van der Waals surface area contributed by atoms with Crippen LogP contribution in [0.2, 0.25) is 0 Å². The number of hydrogen-bond acceptors (Lipinski definition) is 5. The molecule has 19 heavy (non-hydrogen) atoms. The first-order chi connectivity index (χ1) is 8.97. The molecule has 0 saturated carbocycles. The summed E-state index contributed by atoms with van der Waals surface area (Å²) >= 11 is 0. The van der Waals surface area contributed by atoms with Crippen molar-refractivity contribution in [3.63, 3.8) is 0 Å². The van der Waals surface area contributed by atoms with Crippen LogP contribution < -0.4 is 4.90 Å². The lowest BCUT2D eigenvalue weighted by molar-refractivity contribution is 0.101. The van der Waals surface area contributed by atoms with Crippen LogP contribution in [0.15, 0.2) is 18.3 Å². The molecule has 1 fully saturated rings. The number of carbonyl (C=O) groups excluding carboxylic acids is 1. The van der Waals surface area contributed by atoms with Crippen molar-refractivity contribution in [2.75, 3.05) is 32.1 Å². The van der Waals surface area contributed by atoms with E-state index in [-0.39, 0.29) is 17.9 Å². The minimum absolute atomic E-state index is 0.0298. The lowest BCUT2D eigenvalue weighted by atomic mass is 10.2. The molecule has 1 aromatic heterocycles. The molecule has 0 aromatic carbocycles. The molecule has 0 spiro atoms. The Morgan fingerprint density at radius 1 is 1.53 bits per heavy atom. The second-order valence-corrected chi connectivity index (χ2v) is 5.42. The maximum atomic E-state index is 11.2. The van der Waals surface area contributed by atoms with Gasteiger partial charge < -0.3 is 14.9 Å². The summed E-state index contributed by atoms with van der Waals surface area (Å²) in [6.45, 7) is 3.03. The molecule has 5 nitrogen and oxygen atoms in total. The summed E-state index contributed by atoms with van der Waals surface area (Å²) in [6.07, 6.45) is 2.20. The summed E-state index contributed by atoms with van der Waals surface area (Å²) in [7, 11) is 4.06. The van der Waals surface area contributed by atoms with Crippen LogP contribution in [-0.2, 0) is 0 Å². The minimum Gasteiger partial charge on any atom is -0.391 e. The Hall–Kier alpha value is -1.46. The summed E-state index contributed by atoms with van der Waals surface area (Å²) in [5.74, 6) is -0.0298. The van der Waals surface area contributed by atoms with E-state index in [1.165, 1.54) is 6.92 Å². The normalized spacial score (nSPS) is 23.1. The van der Waals surface area contributed by atoms with E-state index >= 15 is 0 Å². The summed E-state index contributed by atoms with van der Waals surface area (Å²) in [4.78, 5) is 19.7. The highest BCUT2D eigenvalue weighted by atomic mass is 16.3. The zero-order valence-corrected chi connectivity index (χ0v) is 11.7. The molecule has 0 radical (unpaired) electrons. The van der Waals surface area contributed by atoms with Crippen LogP contribution in [0.1, 0.15) is 23.8 Å². The van der Waals surface area contributed by atoms with Crippen LogP contribution in [0.3, 0.4) is 0 Å². The molecule has 2 heterocycles. The molecule has 0 bridgehead atoms. The molecule has 1 saturated heterocycles. The molecule has 104 valence electrons. The molecule has 2 rings (SSSR count). The van der Waals surface area contributed by atoms with Gasteiger partial charge in [0, 0.05) is 26.1 Å². The summed E-state index contributed by atoms with van der Waals surface area (Å²) in [5.41, 5.74) is 1.45. The average molecular weight is 263 g/mol. The van der Waals surface area contributed by atoms with E-state index in [1.54, 1.807) is 12.3 Å². The van der Waals surface area contributed by atoms with Crippen molar-refractivity contribution in [2.24, 2.45) is 0 Å². The van der Waals surface area contributed by atoms with Gasteiger partial charge in [0.15, 0.2) is 5.78 Å². The van der Waals surface area contributed by atoms with E-state index < -0.39 is 0 Å². The Balaban J connectivity index is 2.16. The second kappa shape index (κ2) is 5.67. The third-order valence-corrected chi connectivity index (χ3v) is 3.41. The van der Waals surface area contributed by atoms with Crippen LogP contribution in [0, 0.1) is 0 Å². The predicted octanol–water partition coefficient (Wildman–Crippen LogP) is 0.785. The Morgan fingerprint density at radius 3 is 2.79 bits per heavy atom. The van der Waals surface area contributed by atoms with Gasteiger partial charge in [-0.2, -0.15) is 0 Å². The molecule has 2 unspecified atom stereocenters. The number of aliphatic hydroxyl groups is 1. The number of pyridine rings is 1. The smallest absolute Gasteiger partial charge is 0.178 e. The Kier molecular flexibility index (Phi) is 4.17. The molecule has 0 aliphatic carbocycles. The Morgan fingerprint density at radius 2 is 2.26 bits per heavy atom. The molecule has 1 N–H and O–H groups in total. The van der Waals surface area contributed by atoms with Gasteiger partial charge in [-0.15, -0.1) is 0 Å². The average Bonchev–Trinajstić information content (AvgIpc) is 2.69. The maximum absolute atomic E-state index is 11.2. The van der Waals surface area contributed by atoms with Gasteiger partial charge in [0.2, 0.25) is 0 Å². The van der Waals surface area contributed by atoms with Crippen molar-refractivity contribution in [1.29, 1.82) is 0 Å². The largest absolute Gasteiger partial charge is 0.391 e. The standard InChI is InChI=1S/C14H21N3O2/c1-10(18)14-5-4-11(7-15-14)17-9-13(19)6-12(17)8-16(2)3/h4-5,7,12-13,19H,6,8-9H2,1-3H3. The third kappa shape index (κ3) is 3.30. The summed E-state index contributed by atoms with van der Waals surface area (Å²) in [5, 5.41) is 9.85. The van der Waals surface area contributed by atoms with E-state index in [0.717, 1.165) is 18.7 Å². The first kappa shape index (κ1) is 14.0. The Bertz CT molecular complexity index is 445. The Labute approximate surface area is 113 Å². The van der Waals surface area contributed by atoms with Crippen molar-refractivity contribution < 1.29 is 9.90 Å². The van der Waals surface area contributed by atoms with Crippen LogP contribution >= 0.6 is 0 Å². The monoisotopic (exact) mass is 263 g/mol. The van der Waals surface area contributed by atoms with Crippen molar-refractivity contribution in [3.8, 4) is 0 Å². The number of aromatic nitrogens is 1. The molecule has 1 aromatic rings. The topological polar surface area (TPSA) is 56.7 Å². The quantitative estimate of drug-likeness (QED) is 0.814. The third-order valence-electron chi connectivity index (χ3n) is 3.41. The zero-order chi connectivity index (χ0) is 14.0. The fraction of sp³-hybridized carbons (Fsp3) is 0.571. The number of likely N-dealkylation sites (N-methyl/N-ethyl adjacent to an activating group) is 1. The number of carbonyl (C=O) groups is 1. The lowest BCUT2D eigenvalue weighted by Crippen LogP contribution is -2.37. The second-order valence-electron chi connectivity index (χ2n) is 5.42. The predicted molar refractivity (Wildman–Crippen MR) is 74.6 cm³/mol. The van der Waals surface area contributed by atoms with E-state index in [9.17, 15) is 9.90 Å². The van der Waals surface area contributed by atoms with Crippen LogP contribution in [0.25, 0.3) is 0 Å². The number of hydrogen-bond donors (Lipinski definition) is 1. The highest BCUT2D eigenvalue weighted by molar-refractivity contribution is 5.92. The minimum atomic E-state index is -0.294. The molecule has 2 atom stereocenters. The van der Waals surface area contributed by atoms with E-state index in [4.69, 9.17) is 0 Å². The SMILES string of the molecule is CC(=O)c1ccc(N2CC(O)CC2CN(C)C)cn1. The van der Waals surface area contributed by atoms with Gasteiger partial charge in [0.1, 0.15) is 5.69 Å². The number of Topliss-reactive ketones (excluding diaryl/α,β-unsaturated/α-hetero) is 1. The number of aliphatic hydroxyl groups excluding tert-OH is 1. The van der Waals surface area contributed by atoms with Crippen LogP contribution in [0.5, 0.6) is 0 Å². The van der Waals surface area contributed by atoms with E-state index in [1.807, 2.05) is 20.2 Å².